The Morgan fingerprint density at radius 3 is 3.06 bits per heavy atom. The summed E-state index contributed by atoms with van der Waals surface area (Å²) in [5, 5.41) is 13.1. The van der Waals surface area contributed by atoms with E-state index in [-0.39, 0.29) is 5.82 Å². The van der Waals surface area contributed by atoms with Crippen molar-refractivity contribution in [2.75, 3.05) is 19.8 Å². The van der Waals surface area contributed by atoms with Crippen molar-refractivity contribution >= 4 is 0 Å². The first-order valence-electron chi connectivity index (χ1n) is 5.85. The van der Waals surface area contributed by atoms with Gasteiger partial charge in [-0.3, -0.25) is 0 Å². The van der Waals surface area contributed by atoms with Crippen molar-refractivity contribution in [3.8, 4) is 0 Å². The maximum absolute atomic E-state index is 13.4. The molecule has 1 heterocycles. The first kappa shape index (κ1) is 12.5. The molecule has 4 heteroatoms. The van der Waals surface area contributed by atoms with E-state index in [1.165, 1.54) is 6.07 Å². The van der Waals surface area contributed by atoms with Crippen molar-refractivity contribution in [3.05, 3.63) is 35.1 Å². The average Bonchev–Trinajstić information content (AvgIpc) is 2.71. The third kappa shape index (κ3) is 3.25. The zero-order valence-corrected chi connectivity index (χ0v) is 10.0. The predicted molar refractivity (Wildman–Crippen MR) is 63.2 cm³/mol. The second kappa shape index (κ2) is 5.12. The van der Waals surface area contributed by atoms with E-state index in [2.05, 4.69) is 5.32 Å². The van der Waals surface area contributed by atoms with Gasteiger partial charge in [-0.05, 0) is 13.0 Å². The molecule has 2 N–H and O–H groups in total. The quantitative estimate of drug-likeness (QED) is 0.834. The highest BCUT2D eigenvalue weighted by Gasteiger charge is 2.31. The van der Waals surface area contributed by atoms with E-state index in [9.17, 15) is 9.50 Å². The smallest absolute Gasteiger partial charge is 0.127 e. The standard InChI is InChI=1S/C13H18FNO2/c1-10-2-3-12(14)11(6-10)7-15-8-13(16)4-5-17-9-13/h2-3,6,15-16H,4-5,7-9H2,1H3. The number of ether oxygens (including phenoxy) is 1. The molecule has 0 spiro atoms. The first-order chi connectivity index (χ1) is 8.09. The van der Waals surface area contributed by atoms with Gasteiger partial charge in [-0.1, -0.05) is 17.7 Å². The van der Waals surface area contributed by atoms with Crippen LogP contribution in [0.1, 0.15) is 17.5 Å². The molecule has 0 aromatic heterocycles. The SMILES string of the molecule is Cc1ccc(F)c(CNCC2(O)CCOC2)c1. The fourth-order valence-electron chi connectivity index (χ4n) is 2.00. The van der Waals surface area contributed by atoms with Gasteiger partial charge in [-0.15, -0.1) is 0 Å². The largest absolute Gasteiger partial charge is 0.386 e. The van der Waals surface area contributed by atoms with Crippen LogP contribution in [0, 0.1) is 12.7 Å². The Morgan fingerprint density at radius 1 is 1.53 bits per heavy atom. The molecule has 0 aliphatic carbocycles. The number of nitrogens with one attached hydrogen (secondary N) is 1. The summed E-state index contributed by atoms with van der Waals surface area (Å²) in [6, 6.07) is 5.04. The lowest BCUT2D eigenvalue weighted by atomic mass is 10.0. The normalized spacial score (nSPS) is 24.2. The third-order valence-electron chi connectivity index (χ3n) is 3.05. The average molecular weight is 239 g/mol. The van der Waals surface area contributed by atoms with E-state index in [1.54, 1.807) is 6.07 Å². The van der Waals surface area contributed by atoms with Crippen molar-refractivity contribution in [1.29, 1.82) is 0 Å². The molecule has 0 amide bonds. The maximum atomic E-state index is 13.4. The second-order valence-corrected chi connectivity index (χ2v) is 4.73. The van der Waals surface area contributed by atoms with Crippen molar-refractivity contribution in [2.45, 2.75) is 25.5 Å². The van der Waals surface area contributed by atoms with Gasteiger partial charge in [0.15, 0.2) is 0 Å². The van der Waals surface area contributed by atoms with Crippen LogP contribution in [-0.4, -0.2) is 30.5 Å². The molecule has 1 saturated heterocycles. The first-order valence-corrected chi connectivity index (χ1v) is 5.85. The van der Waals surface area contributed by atoms with E-state index in [0.717, 1.165) is 5.56 Å². The highest BCUT2D eigenvalue weighted by Crippen LogP contribution is 2.17. The minimum absolute atomic E-state index is 0.210. The molecule has 0 saturated carbocycles. The van der Waals surface area contributed by atoms with Crippen LogP contribution in [0.2, 0.25) is 0 Å². The van der Waals surface area contributed by atoms with E-state index < -0.39 is 5.60 Å². The van der Waals surface area contributed by atoms with Gasteiger partial charge in [0.2, 0.25) is 0 Å². The van der Waals surface area contributed by atoms with Gasteiger partial charge in [0, 0.05) is 31.7 Å². The molecule has 1 aliphatic rings. The van der Waals surface area contributed by atoms with Crippen LogP contribution in [0.15, 0.2) is 18.2 Å². The van der Waals surface area contributed by atoms with Crippen molar-refractivity contribution in [3.63, 3.8) is 0 Å². The number of hydrogen-bond acceptors (Lipinski definition) is 3. The van der Waals surface area contributed by atoms with E-state index in [4.69, 9.17) is 4.74 Å². The minimum atomic E-state index is -0.791. The van der Waals surface area contributed by atoms with Crippen LogP contribution in [0.4, 0.5) is 4.39 Å². The topological polar surface area (TPSA) is 41.5 Å². The summed E-state index contributed by atoms with van der Waals surface area (Å²) in [6.45, 7) is 3.74. The van der Waals surface area contributed by atoms with Crippen LogP contribution < -0.4 is 5.32 Å². The Labute approximate surface area is 101 Å². The number of benzene rings is 1. The summed E-state index contributed by atoms with van der Waals surface area (Å²) in [4.78, 5) is 0. The number of hydrogen-bond donors (Lipinski definition) is 2. The highest BCUT2D eigenvalue weighted by molar-refractivity contribution is 5.23. The minimum Gasteiger partial charge on any atom is -0.386 e. The van der Waals surface area contributed by atoms with E-state index in [1.807, 2.05) is 13.0 Å². The van der Waals surface area contributed by atoms with E-state index in [0.29, 0.717) is 38.3 Å². The molecule has 1 aromatic rings. The summed E-state index contributed by atoms with van der Waals surface area (Å²) in [5.74, 6) is -0.210. The van der Waals surface area contributed by atoms with Crippen LogP contribution >= 0.6 is 0 Å². The van der Waals surface area contributed by atoms with Crippen molar-refractivity contribution in [1.82, 2.24) is 5.32 Å². The van der Waals surface area contributed by atoms with Gasteiger partial charge >= 0.3 is 0 Å². The summed E-state index contributed by atoms with van der Waals surface area (Å²) in [5.41, 5.74) is 0.874. The number of rotatable bonds is 4. The van der Waals surface area contributed by atoms with Gasteiger partial charge in [-0.25, -0.2) is 4.39 Å². The molecule has 3 nitrogen and oxygen atoms in total. The molecule has 1 unspecified atom stereocenters. The molecule has 17 heavy (non-hydrogen) atoms. The molecule has 1 atom stereocenters. The lowest BCUT2D eigenvalue weighted by Crippen LogP contribution is -2.40. The zero-order chi connectivity index (χ0) is 12.3. The molecule has 1 aromatic carbocycles. The Hall–Kier alpha value is -0.970. The third-order valence-corrected chi connectivity index (χ3v) is 3.05. The summed E-state index contributed by atoms with van der Waals surface area (Å²) in [7, 11) is 0. The van der Waals surface area contributed by atoms with E-state index >= 15 is 0 Å². The fraction of sp³-hybridized carbons (Fsp3) is 0.538. The molecule has 1 aliphatic heterocycles. The molecule has 2 rings (SSSR count). The van der Waals surface area contributed by atoms with Gasteiger partial charge in [0.05, 0.1) is 6.61 Å². The molecular weight excluding hydrogens is 221 g/mol. The van der Waals surface area contributed by atoms with Gasteiger partial charge in [0.25, 0.3) is 0 Å². The number of aliphatic hydroxyl groups is 1. The number of aryl methyl sites for hydroxylation is 1. The Bertz CT molecular complexity index is 389. The molecular formula is C13H18FNO2. The van der Waals surface area contributed by atoms with Gasteiger partial charge in [-0.2, -0.15) is 0 Å². The lowest BCUT2D eigenvalue weighted by molar-refractivity contribution is 0.0268. The van der Waals surface area contributed by atoms with Crippen molar-refractivity contribution < 1.29 is 14.2 Å². The summed E-state index contributed by atoms with van der Waals surface area (Å²) < 4.78 is 18.6. The molecule has 0 radical (unpaired) electrons. The van der Waals surface area contributed by atoms with Gasteiger partial charge in [0.1, 0.15) is 11.4 Å². The molecule has 0 bridgehead atoms. The lowest BCUT2D eigenvalue weighted by Gasteiger charge is -2.20. The highest BCUT2D eigenvalue weighted by atomic mass is 19.1. The van der Waals surface area contributed by atoms with Crippen LogP contribution in [0.3, 0.4) is 0 Å². The molecule has 1 fully saturated rings. The fourth-order valence-corrected chi connectivity index (χ4v) is 2.00. The predicted octanol–water partition coefficient (Wildman–Crippen LogP) is 1.38. The Kier molecular flexibility index (Phi) is 3.76. The second-order valence-electron chi connectivity index (χ2n) is 4.73. The van der Waals surface area contributed by atoms with Crippen molar-refractivity contribution in [2.24, 2.45) is 0 Å². The number of halogens is 1. The Morgan fingerprint density at radius 2 is 2.35 bits per heavy atom. The van der Waals surface area contributed by atoms with Crippen LogP contribution in [0.25, 0.3) is 0 Å². The van der Waals surface area contributed by atoms with Crippen LogP contribution in [0.5, 0.6) is 0 Å². The van der Waals surface area contributed by atoms with Gasteiger partial charge < -0.3 is 15.2 Å². The maximum Gasteiger partial charge on any atom is 0.127 e. The Balaban J connectivity index is 1.87. The van der Waals surface area contributed by atoms with Crippen LogP contribution in [-0.2, 0) is 11.3 Å². The monoisotopic (exact) mass is 239 g/mol. The molecule has 94 valence electrons. The summed E-state index contributed by atoms with van der Waals surface area (Å²) in [6.07, 6.45) is 0.635. The zero-order valence-electron chi connectivity index (χ0n) is 10.0. The summed E-state index contributed by atoms with van der Waals surface area (Å²) >= 11 is 0.